The molecule has 0 saturated carbocycles. The first-order valence-electron chi connectivity index (χ1n) is 10.1. The van der Waals surface area contributed by atoms with E-state index < -0.39 is 11.8 Å². The van der Waals surface area contributed by atoms with Crippen LogP contribution in [0.25, 0.3) is 0 Å². The second kappa shape index (κ2) is 10.8. The smallest absolute Gasteiger partial charge is 0.276 e. The molecule has 0 saturated heterocycles. The lowest BCUT2D eigenvalue weighted by Gasteiger charge is -2.18. The van der Waals surface area contributed by atoms with Gasteiger partial charge in [0.2, 0.25) is 5.91 Å². The van der Waals surface area contributed by atoms with E-state index in [1.54, 1.807) is 0 Å². The fraction of sp³-hybridized carbons (Fsp3) is 0.200. The van der Waals surface area contributed by atoms with Crippen molar-refractivity contribution >= 4 is 27.7 Å². The molecule has 0 aliphatic rings. The van der Waals surface area contributed by atoms with E-state index in [0.717, 1.165) is 15.6 Å². The van der Waals surface area contributed by atoms with Crippen LogP contribution in [0, 0.1) is 0 Å². The maximum absolute atomic E-state index is 12.9. The Bertz CT molecular complexity index is 984. The fourth-order valence-corrected chi connectivity index (χ4v) is 3.67. The number of hydrazine groups is 1. The Morgan fingerprint density at radius 3 is 1.94 bits per heavy atom. The van der Waals surface area contributed by atoms with Crippen LogP contribution in [0.5, 0.6) is 5.75 Å². The van der Waals surface area contributed by atoms with Crippen molar-refractivity contribution in [3.05, 3.63) is 100 Å². The third-order valence-corrected chi connectivity index (χ3v) is 5.45. The fourth-order valence-electron chi connectivity index (χ4n) is 3.16. The van der Waals surface area contributed by atoms with Gasteiger partial charge in [-0.25, -0.2) is 0 Å². The van der Waals surface area contributed by atoms with Crippen molar-refractivity contribution in [3.8, 4) is 5.75 Å². The van der Waals surface area contributed by atoms with E-state index in [2.05, 4.69) is 40.6 Å². The Balaban J connectivity index is 1.60. The van der Waals surface area contributed by atoms with Gasteiger partial charge in [-0.05, 0) is 50.7 Å². The molecule has 0 unspecified atom stereocenters. The third-order valence-electron chi connectivity index (χ3n) is 4.83. The van der Waals surface area contributed by atoms with Gasteiger partial charge in [0.15, 0.2) is 6.61 Å². The van der Waals surface area contributed by atoms with Crippen LogP contribution in [0.4, 0.5) is 0 Å². The first-order chi connectivity index (χ1) is 15.0. The summed E-state index contributed by atoms with van der Waals surface area (Å²) in [6, 6.07) is 24.7. The summed E-state index contributed by atoms with van der Waals surface area (Å²) in [7, 11) is 0. The molecule has 0 aliphatic heterocycles. The molecule has 0 bridgehead atoms. The van der Waals surface area contributed by atoms with Gasteiger partial charge in [0.05, 0.1) is 10.4 Å². The van der Waals surface area contributed by atoms with Crippen molar-refractivity contribution < 1.29 is 14.3 Å². The monoisotopic (exact) mass is 480 g/mol. The van der Waals surface area contributed by atoms with E-state index in [1.807, 2.05) is 78.9 Å². The molecule has 2 amide bonds. The van der Waals surface area contributed by atoms with Crippen LogP contribution in [0.1, 0.15) is 42.4 Å². The van der Waals surface area contributed by atoms with Crippen molar-refractivity contribution in [2.45, 2.75) is 25.7 Å². The zero-order chi connectivity index (χ0) is 22.2. The first-order valence-corrected chi connectivity index (χ1v) is 10.9. The minimum atomic E-state index is -0.540. The second-order valence-electron chi connectivity index (χ2n) is 7.43. The van der Waals surface area contributed by atoms with Crippen LogP contribution in [0.15, 0.2) is 83.3 Å². The summed E-state index contributed by atoms with van der Waals surface area (Å²) in [5.41, 5.74) is 7.81. The van der Waals surface area contributed by atoms with Crippen molar-refractivity contribution in [2.24, 2.45) is 0 Å². The van der Waals surface area contributed by atoms with Crippen LogP contribution >= 0.6 is 15.9 Å². The lowest BCUT2D eigenvalue weighted by Crippen LogP contribution is -2.46. The Kier molecular flexibility index (Phi) is 7.84. The SMILES string of the molecule is CC(C)c1ccc(OCC(=O)NNC(=O)C(c2ccccc2)c2ccccc2)c(Br)c1. The van der Waals surface area contributed by atoms with Crippen LogP contribution in [-0.2, 0) is 9.59 Å². The van der Waals surface area contributed by atoms with Gasteiger partial charge in [0, 0.05) is 0 Å². The molecule has 3 rings (SSSR count). The number of benzene rings is 3. The number of carbonyl (C=O) groups excluding carboxylic acids is 2. The number of amides is 2. The summed E-state index contributed by atoms with van der Waals surface area (Å²) in [5, 5.41) is 0. The van der Waals surface area contributed by atoms with Gasteiger partial charge < -0.3 is 4.74 Å². The van der Waals surface area contributed by atoms with Gasteiger partial charge >= 0.3 is 0 Å². The predicted octanol–water partition coefficient (Wildman–Crippen LogP) is 4.93. The molecule has 2 N–H and O–H groups in total. The highest BCUT2D eigenvalue weighted by Crippen LogP contribution is 2.29. The summed E-state index contributed by atoms with van der Waals surface area (Å²) < 4.78 is 6.37. The summed E-state index contributed by atoms with van der Waals surface area (Å²) in [4.78, 5) is 25.1. The standard InChI is InChI=1S/C25H25BrN2O3/c1-17(2)20-13-14-22(21(26)15-20)31-16-23(29)27-28-25(30)24(18-9-5-3-6-10-18)19-11-7-4-8-12-19/h3-15,17,24H,16H2,1-2H3,(H,27,29)(H,28,30). The van der Waals surface area contributed by atoms with Crippen molar-refractivity contribution in [2.75, 3.05) is 6.61 Å². The quantitative estimate of drug-likeness (QED) is 0.471. The van der Waals surface area contributed by atoms with E-state index >= 15 is 0 Å². The molecule has 0 aliphatic carbocycles. The Morgan fingerprint density at radius 1 is 0.839 bits per heavy atom. The zero-order valence-corrected chi connectivity index (χ0v) is 19.1. The average Bonchev–Trinajstić information content (AvgIpc) is 2.78. The van der Waals surface area contributed by atoms with E-state index in [-0.39, 0.29) is 12.5 Å². The molecule has 0 heterocycles. The molecule has 31 heavy (non-hydrogen) atoms. The van der Waals surface area contributed by atoms with Crippen LogP contribution in [0.3, 0.4) is 0 Å². The van der Waals surface area contributed by atoms with E-state index in [4.69, 9.17) is 4.74 Å². The highest BCUT2D eigenvalue weighted by molar-refractivity contribution is 9.10. The molecule has 3 aromatic rings. The van der Waals surface area contributed by atoms with Crippen molar-refractivity contribution in [1.82, 2.24) is 10.9 Å². The third kappa shape index (κ3) is 6.18. The van der Waals surface area contributed by atoms with E-state index in [0.29, 0.717) is 11.7 Å². The molecule has 3 aromatic carbocycles. The maximum Gasteiger partial charge on any atom is 0.276 e. The lowest BCUT2D eigenvalue weighted by atomic mass is 9.91. The minimum Gasteiger partial charge on any atom is -0.483 e. The number of halogens is 1. The van der Waals surface area contributed by atoms with Crippen LogP contribution in [0.2, 0.25) is 0 Å². The molecule has 0 atom stereocenters. The molecule has 0 spiro atoms. The predicted molar refractivity (Wildman–Crippen MR) is 125 cm³/mol. The molecule has 6 heteroatoms. The summed E-state index contributed by atoms with van der Waals surface area (Å²) in [6.07, 6.45) is 0. The molecule has 0 aromatic heterocycles. The summed E-state index contributed by atoms with van der Waals surface area (Å²) >= 11 is 3.47. The maximum atomic E-state index is 12.9. The number of nitrogens with one attached hydrogen (secondary N) is 2. The normalized spacial score (nSPS) is 10.7. The molecular weight excluding hydrogens is 456 g/mol. The topological polar surface area (TPSA) is 67.4 Å². The average molecular weight is 481 g/mol. The Morgan fingerprint density at radius 2 is 1.42 bits per heavy atom. The van der Waals surface area contributed by atoms with E-state index in [1.165, 1.54) is 5.56 Å². The second-order valence-corrected chi connectivity index (χ2v) is 8.28. The Labute approximate surface area is 190 Å². The lowest BCUT2D eigenvalue weighted by molar-refractivity contribution is -0.130. The molecular formula is C25H25BrN2O3. The number of carbonyl (C=O) groups is 2. The van der Waals surface area contributed by atoms with Gasteiger partial charge in [-0.2, -0.15) is 0 Å². The van der Waals surface area contributed by atoms with Gasteiger partial charge in [0.1, 0.15) is 5.75 Å². The number of hydrogen-bond donors (Lipinski definition) is 2. The largest absolute Gasteiger partial charge is 0.483 e. The number of ether oxygens (including phenoxy) is 1. The van der Waals surface area contributed by atoms with Crippen LogP contribution in [-0.4, -0.2) is 18.4 Å². The minimum absolute atomic E-state index is 0.221. The highest BCUT2D eigenvalue weighted by Gasteiger charge is 2.23. The molecule has 0 fully saturated rings. The van der Waals surface area contributed by atoms with Crippen molar-refractivity contribution in [3.63, 3.8) is 0 Å². The van der Waals surface area contributed by atoms with E-state index in [9.17, 15) is 9.59 Å². The summed E-state index contributed by atoms with van der Waals surface area (Å²) in [5.74, 6) is -0.356. The Hall–Kier alpha value is -3.12. The van der Waals surface area contributed by atoms with Crippen LogP contribution < -0.4 is 15.6 Å². The molecule has 5 nitrogen and oxygen atoms in total. The first kappa shape index (κ1) is 22.6. The molecule has 0 radical (unpaired) electrons. The molecule has 160 valence electrons. The van der Waals surface area contributed by atoms with Crippen molar-refractivity contribution in [1.29, 1.82) is 0 Å². The highest BCUT2D eigenvalue weighted by atomic mass is 79.9. The van der Waals surface area contributed by atoms with Gasteiger partial charge in [-0.15, -0.1) is 0 Å². The number of rotatable bonds is 7. The van der Waals surface area contributed by atoms with Gasteiger partial charge in [-0.1, -0.05) is 80.6 Å². The summed E-state index contributed by atoms with van der Waals surface area (Å²) in [6.45, 7) is 3.99. The number of hydrogen-bond acceptors (Lipinski definition) is 3. The van der Waals surface area contributed by atoms with Gasteiger partial charge in [-0.3, -0.25) is 20.4 Å². The van der Waals surface area contributed by atoms with Gasteiger partial charge in [0.25, 0.3) is 5.91 Å². The zero-order valence-electron chi connectivity index (χ0n) is 17.5.